The number of anilines is 2. The zero-order valence-electron chi connectivity index (χ0n) is 18.1. The first kappa shape index (κ1) is 23.5. The van der Waals surface area contributed by atoms with Crippen LogP contribution in [-0.2, 0) is 11.0 Å². The zero-order chi connectivity index (χ0) is 25.8. The van der Waals surface area contributed by atoms with Crippen molar-refractivity contribution in [1.82, 2.24) is 25.6 Å². The highest BCUT2D eigenvalue weighted by Gasteiger charge is 2.54. The van der Waals surface area contributed by atoms with E-state index < -0.39 is 53.6 Å². The van der Waals surface area contributed by atoms with Crippen molar-refractivity contribution in [3.05, 3.63) is 59.4 Å². The van der Waals surface area contributed by atoms with Gasteiger partial charge in [-0.1, -0.05) is 0 Å². The molecule has 188 valence electrons. The Morgan fingerprint density at radius 2 is 2.03 bits per heavy atom. The maximum absolute atomic E-state index is 13.3. The lowest BCUT2D eigenvalue weighted by molar-refractivity contribution is -0.141. The van der Waals surface area contributed by atoms with Crippen molar-refractivity contribution in [3.63, 3.8) is 0 Å². The van der Waals surface area contributed by atoms with Crippen molar-refractivity contribution in [2.24, 2.45) is 0 Å². The lowest BCUT2D eigenvalue weighted by Crippen LogP contribution is -2.68. The smallest absolute Gasteiger partial charge is 0.433 e. The van der Waals surface area contributed by atoms with Crippen LogP contribution < -0.4 is 21.1 Å². The number of pyridine rings is 2. The maximum Gasteiger partial charge on any atom is 0.433 e. The Hall–Kier alpha value is -4.27. The number of hydrogen-bond donors (Lipinski definition) is 4. The van der Waals surface area contributed by atoms with Crippen molar-refractivity contribution < 1.29 is 37.1 Å². The summed E-state index contributed by atoms with van der Waals surface area (Å²) >= 11 is 0. The summed E-state index contributed by atoms with van der Waals surface area (Å²) < 4.78 is 53.1. The average Bonchev–Trinajstić information content (AvgIpc) is 3.11. The Morgan fingerprint density at radius 3 is 2.64 bits per heavy atom. The Morgan fingerprint density at radius 1 is 1.25 bits per heavy atom. The number of fused-ring (bicyclic) bond motifs is 3. The minimum atomic E-state index is -4.78. The van der Waals surface area contributed by atoms with Gasteiger partial charge in [0.2, 0.25) is 5.91 Å². The molecule has 3 aliphatic rings. The molecule has 15 heteroatoms. The second kappa shape index (κ2) is 8.15. The van der Waals surface area contributed by atoms with Crippen molar-refractivity contribution in [2.45, 2.75) is 30.6 Å². The van der Waals surface area contributed by atoms with E-state index in [1.54, 1.807) is 0 Å². The van der Waals surface area contributed by atoms with E-state index in [-0.39, 0.29) is 29.6 Å². The highest BCUT2D eigenvalue weighted by atomic mass is 19.4. The fourth-order valence-electron chi connectivity index (χ4n) is 4.44. The fourth-order valence-corrected chi connectivity index (χ4v) is 4.44. The van der Waals surface area contributed by atoms with Gasteiger partial charge in [-0.05, 0) is 36.8 Å². The Kier molecular flexibility index (Phi) is 5.31. The Balaban J connectivity index is 1.50. The number of amides is 3. The standard InChI is InChI=1S/C21H17F4N7O4/c22-10-1-4-14(26-9-10)28-16(33)8-20(13-5-6-31(13)19(35)36)7-15-29-18(34)11-2-3-12(21(23,24)25)27-17(11)32(15)30-20/h1-4,7,9,13,30H,5-6,8H2,(H,29,34)(H,35,36)(H,26,28,33). The van der Waals surface area contributed by atoms with Gasteiger partial charge < -0.3 is 20.6 Å². The van der Waals surface area contributed by atoms with E-state index in [1.807, 2.05) is 0 Å². The zero-order valence-corrected chi connectivity index (χ0v) is 18.1. The summed E-state index contributed by atoms with van der Waals surface area (Å²) in [4.78, 5) is 45.7. The molecule has 2 unspecified atom stereocenters. The van der Waals surface area contributed by atoms with Crippen LogP contribution in [0.3, 0.4) is 0 Å². The monoisotopic (exact) mass is 507 g/mol. The van der Waals surface area contributed by atoms with Crippen molar-refractivity contribution in [3.8, 4) is 0 Å². The molecule has 0 bridgehead atoms. The number of likely N-dealkylation sites (tertiary alicyclic amines) is 1. The number of alkyl halides is 3. The van der Waals surface area contributed by atoms with Crippen molar-refractivity contribution >= 4 is 29.5 Å². The molecule has 0 radical (unpaired) electrons. The van der Waals surface area contributed by atoms with Crippen molar-refractivity contribution in [1.29, 1.82) is 0 Å². The summed E-state index contributed by atoms with van der Waals surface area (Å²) in [6.45, 7) is 0.174. The van der Waals surface area contributed by atoms with Gasteiger partial charge >= 0.3 is 12.3 Å². The first-order valence-corrected chi connectivity index (χ1v) is 10.6. The van der Waals surface area contributed by atoms with Gasteiger partial charge in [-0.3, -0.25) is 9.59 Å². The summed E-state index contributed by atoms with van der Waals surface area (Å²) in [7, 11) is 0. The molecule has 2 atom stereocenters. The number of hydrogen-bond acceptors (Lipinski definition) is 7. The molecule has 3 aliphatic heterocycles. The van der Waals surface area contributed by atoms with Crippen LogP contribution in [0.2, 0.25) is 0 Å². The van der Waals surface area contributed by atoms with E-state index in [9.17, 15) is 37.1 Å². The lowest BCUT2D eigenvalue weighted by Gasteiger charge is -2.49. The SMILES string of the molecule is O=C(CC1(C2CCN2C(=O)O)C=C2NC(=O)c3ccc(C(F)(F)F)nc3N2N1)Nc1ccc(F)cn1. The normalized spacial score (nSPS) is 22.7. The van der Waals surface area contributed by atoms with E-state index in [2.05, 4.69) is 26.0 Å². The third-order valence-electron chi connectivity index (χ3n) is 6.13. The van der Waals surface area contributed by atoms with Crippen LogP contribution in [0.25, 0.3) is 0 Å². The third-order valence-corrected chi connectivity index (χ3v) is 6.13. The van der Waals surface area contributed by atoms with E-state index in [1.165, 1.54) is 12.1 Å². The molecule has 1 fully saturated rings. The number of carboxylic acid groups (broad SMARTS) is 1. The average molecular weight is 507 g/mol. The summed E-state index contributed by atoms with van der Waals surface area (Å²) in [5.41, 5.74) is 0.0897. The van der Waals surface area contributed by atoms with Gasteiger partial charge in [0, 0.05) is 6.54 Å². The van der Waals surface area contributed by atoms with Crippen molar-refractivity contribution in [2.75, 3.05) is 16.9 Å². The molecule has 3 amide bonds. The molecule has 2 aromatic rings. The largest absolute Gasteiger partial charge is 0.465 e. The summed E-state index contributed by atoms with van der Waals surface area (Å²) in [6, 6.07) is 3.18. The van der Waals surface area contributed by atoms with Crippen LogP contribution in [0, 0.1) is 5.82 Å². The van der Waals surface area contributed by atoms with Gasteiger partial charge in [0.05, 0.1) is 29.8 Å². The summed E-state index contributed by atoms with van der Waals surface area (Å²) in [5, 5.41) is 15.7. The molecule has 2 aromatic heterocycles. The van der Waals surface area contributed by atoms with Gasteiger partial charge in [-0.25, -0.2) is 29.6 Å². The number of nitrogens with zero attached hydrogens (tertiary/aromatic N) is 4. The number of halogens is 4. The molecular formula is C21H17F4N7O4. The van der Waals surface area contributed by atoms with E-state index in [0.29, 0.717) is 12.5 Å². The lowest BCUT2D eigenvalue weighted by atomic mass is 9.80. The number of aromatic nitrogens is 2. The number of carbonyl (C=O) groups is 3. The number of hydrazine groups is 1. The van der Waals surface area contributed by atoms with Crippen LogP contribution in [0.1, 0.15) is 28.9 Å². The van der Waals surface area contributed by atoms with Gasteiger partial charge in [0.1, 0.15) is 23.1 Å². The molecule has 0 aliphatic carbocycles. The molecule has 5 rings (SSSR count). The second-order valence-electron chi connectivity index (χ2n) is 8.40. The van der Waals surface area contributed by atoms with E-state index in [0.717, 1.165) is 28.2 Å². The predicted molar refractivity (Wildman–Crippen MR) is 114 cm³/mol. The quantitative estimate of drug-likeness (QED) is 0.462. The molecule has 0 saturated carbocycles. The minimum Gasteiger partial charge on any atom is -0.465 e. The third kappa shape index (κ3) is 3.96. The minimum absolute atomic E-state index is 0.00395. The molecule has 1 saturated heterocycles. The van der Waals surface area contributed by atoms with Crippen LogP contribution in [0.4, 0.5) is 34.0 Å². The first-order valence-electron chi connectivity index (χ1n) is 10.6. The summed E-state index contributed by atoms with van der Waals surface area (Å²) in [5.74, 6) is -2.27. The molecule has 0 spiro atoms. The van der Waals surface area contributed by atoms with E-state index in [4.69, 9.17) is 0 Å². The Labute approximate surface area is 199 Å². The van der Waals surface area contributed by atoms with Gasteiger partial charge in [-0.2, -0.15) is 13.2 Å². The highest BCUT2D eigenvalue weighted by Crippen LogP contribution is 2.41. The van der Waals surface area contributed by atoms with Crippen LogP contribution in [0.5, 0.6) is 0 Å². The Bertz CT molecular complexity index is 1300. The van der Waals surface area contributed by atoms with Crippen LogP contribution in [0.15, 0.2) is 42.4 Å². The fraction of sp³-hybridized carbons (Fsp3) is 0.286. The number of rotatable bonds is 4. The van der Waals surface area contributed by atoms with E-state index >= 15 is 0 Å². The van der Waals surface area contributed by atoms with Crippen LogP contribution >= 0.6 is 0 Å². The van der Waals surface area contributed by atoms with Gasteiger partial charge in [0.25, 0.3) is 5.91 Å². The molecule has 36 heavy (non-hydrogen) atoms. The topological polar surface area (TPSA) is 140 Å². The number of nitrogens with one attached hydrogen (secondary N) is 3. The molecule has 0 aromatic carbocycles. The predicted octanol–water partition coefficient (Wildman–Crippen LogP) is 2.06. The first-order chi connectivity index (χ1) is 17.0. The van der Waals surface area contributed by atoms with Gasteiger partial charge in [-0.15, -0.1) is 0 Å². The number of carbonyl (C=O) groups excluding carboxylic acids is 2. The second-order valence-corrected chi connectivity index (χ2v) is 8.40. The van der Waals surface area contributed by atoms with Crippen LogP contribution in [-0.4, -0.2) is 56.0 Å². The highest BCUT2D eigenvalue weighted by molar-refractivity contribution is 6.03. The van der Waals surface area contributed by atoms with Gasteiger partial charge in [0.15, 0.2) is 5.82 Å². The molecule has 4 N–H and O–H groups in total. The maximum atomic E-state index is 13.3. The molecule has 5 heterocycles. The molecule has 11 nitrogen and oxygen atoms in total. The molecular weight excluding hydrogens is 490 g/mol. The summed E-state index contributed by atoms with van der Waals surface area (Å²) in [6.07, 6.45) is -3.80.